The topological polar surface area (TPSA) is 12.0 Å². The predicted molar refractivity (Wildman–Crippen MR) is 78.1 cm³/mol. The van der Waals surface area contributed by atoms with Crippen molar-refractivity contribution in [3.05, 3.63) is 69.2 Å². The third-order valence-corrected chi connectivity index (χ3v) is 3.64. The Balaban J connectivity index is 2.11. The first-order valence-corrected chi connectivity index (χ1v) is 6.86. The quantitative estimate of drug-likeness (QED) is 0.825. The Labute approximate surface area is 126 Å². The molecule has 0 spiro atoms. The van der Waals surface area contributed by atoms with E-state index in [0.29, 0.717) is 10.0 Å². The van der Waals surface area contributed by atoms with Crippen molar-refractivity contribution in [2.45, 2.75) is 19.5 Å². The van der Waals surface area contributed by atoms with Crippen LogP contribution in [0, 0.1) is 11.6 Å². The minimum atomic E-state index is -0.563. The van der Waals surface area contributed by atoms with Gasteiger partial charge < -0.3 is 5.32 Å². The molecular weight excluding hydrogens is 303 g/mol. The van der Waals surface area contributed by atoms with Crippen molar-refractivity contribution in [1.82, 2.24) is 5.32 Å². The predicted octanol–water partition coefficient (Wildman–Crippen LogP) is 5.12. The van der Waals surface area contributed by atoms with Gasteiger partial charge in [-0.2, -0.15) is 0 Å². The number of hydrogen-bond acceptors (Lipinski definition) is 1. The van der Waals surface area contributed by atoms with Gasteiger partial charge in [0.1, 0.15) is 11.6 Å². The summed E-state index contributed by atoms with van der Waals surface area (Å²) in [6.45, 7) is 1.95. The Hall–Kier alpha value is -1.16. The summed E-state index contributed by atoms with van der Waals surface area (Å²) < 4.78 is 27.0. The second kappa shape index (κ2) is 6.53. The van der Waals surface area contributed by atoms with Gasteiger partial charge >= 0.3 is 0 Å². The van der Waals surface area contributed by atoms with Crippen molar-refractivity contribution < 1.29 is 8.78 Å². The zero-order valence-electron chi connectivity index (χ0n) is 10.8. The number of halogens is 4. The Bertz CT molecular complexity index is 597. The zero-order chi connectivity index (χ0) is 14.7. The standard InChI is InChI=1S/C15H13Cl2F2N/c1-9(11-6-5-10(16)7-13(11)17)20-8-12-14(18)3-2-4-15(12)19/h2-7,9,20H,8H2,1H3. The van der Waals surface area contributed by atoms with Gasteiger partial charge in [-0.15, -0.1) is 0 Å². The third kappa shape index (κ3) is 3.48. The lowest BCUT2D eigenvalue weighted by atomic mass is 10.1. The third-order valence-electron chi connectivity index (χ3n) is 3.08. The van der Waals surface area contributed by atoms with E-state index in [1.807, 2.05) is 6.92 Å². The summed E-state index contributed by atoms with van der Waals surface area (Å²) in [7, 11) is 0. The molecule has 0 fully saturated rings. The second-order valence-corrected chi connectivity index (χ2v) is 5.31. The minimum absolute atomic E-state index is 0.0180. The summed E-state index contributed by atoms with van der Waals surface area (Å²) in [6.07, 6.45) is 0. The van der Waals surface area contributed by atoms with Crippen LogP contribution in [0.5, 0.6) is 0 Å². The van der Waals surface area contributed by atoms with Gasteiger partial charge in [0, 0.05) is 28.2 Å². The van der Waals surface area contributed by atoms with Gasteiger partial charge in [-0.3, -0.25) is 0 Å². The summed E-state index contributed by atoms with van der Waals surface area (Å²) in [6, 6.07) is 8.82. The molecule has 0 radical (unpaired) electrons. The van der Waals surface area contributed by atoms with Gasteiger partial charge in [-0.1, -0.05) is 35.3 Å². The molecule has 0 aliphatic heterocycles. The van der Waals surface area contributed by atoms with E-state index in [0.717, 1.165) is 5.56 Å². The fraction of sp³-hybridized carbons (Fsp3) is 0.200. The molecule has 2 rings (SSSR count). The van der Waals surface area contributed by atoms with Crippen molar-refractivity contribution in [2.24, 2.45) is 0 Å². The van der Waals surface area contributed by atoms with Gasteiger partial charge in [0.25, 0.3) is 0 Å². The molecule has 0 saturated carbocycles. The highest BCUT2D eigenvalue weighted by Gasteiger charge is 2.13. The monoisotopic (exact) mass is 315 g/mol. The highest BCUT2D eigenvalue weighted by Crippen LogP contribution is 2.26. The first kappa shape index (κ1) is 15.2. The Morgan fingerprint density at radius 2 is 1.75 bits per heavy atom. The molecule has 106 valence electrons. The van der Waals surface area contributed by atoms with Crippen molar-refractivity contribution in [3.8, 4) is 0 Å². The normalized spacial score (nSPS) is 12.4. The van der Waals surface area contributed by atoms with E-state index in [9.17, 15) is 8.78 Å². The average molecular weight is 316 g/mol. The highest BCUT2D eigenvalue weighted by molar-refractivity contribution is 6.35. The van der Waals surface area contributed by atoms with Gasteiger partial charge in [0.15, 0.2) is 0 Å². The first-order chi connectivity index (χ1) is 9.49. The van der Waals surface area contributed by atoms with Crippen LogP contribution in [-0.4, -0.2) is 0 Å². The number of hydrogen-bond donors (Lipinski definition) is 1. The van der Waals surface area contributed by atoms with E-state index in [-0.39, 0.29) is 18.2 Å². The summed E-state index contributed by atoms with van der Waals surface area (Å²) >= 11 is 11.9. The molecule has 5 heteroatoms. The first-order valence-electron chi connectivity index (χ1n) is 6.10. The van der Waals surface area contributed by atoms with Crippen molar-refractivity contribution in [3.63, 3.8) is 0 Å². The van der Waals surface area contributed by atoms with Crippen LogP contribution < -0.4 is 5.32 Å². The molecule has 0 aliphatic rings. The van der Waals surface area contributed by atoms with E-state index >= 15 is 0 Å². The summed E-state index contributed by atoms with van der Waals surface area (Å²) in [5, 5.41) is 4.12. The lowest BCUT2D eigenvalue weighted by Gasteiger charge is -2.16. The van der Waals surface area contributed by atoms with E-state index in [1.165, 1.54) is 18.2 Å². The largest absolute Gasteiger partial charge is 0.306 e. The van der Waals surface area contributed by atoms with Crippen LogP contribution in [0.4, 0.5) is 8.78 Å². The van der Waals surface area contributed by atoms with Gasteiger partial charge in [-0.05, 0) is 36.8 Å². The Kier molecular flexibility index (Phi) is 4.97. The molecule has 2 aromatic carbocycles. The van der Waals surface area contributed by atoms with Gasteiger partial charge in [-0.25, -0.2) is 8.78 Å². The van der Waals surface area contributed by atoms with Gasteiger partial charge in [0.05, 0.1) is 0 Å². The average Bonchev–Trinajstić information content (AvgIpc) is 2.37. The van der Waals surface area contributed by atoms with E-state index < -0.39 is 11.6 Å². The second-order valence-electron chi connectivity index (χ2n) is 4.47. The zero-order valence-corrected chi connectivity index (χ0v) is 12.3. The molecule has 1 unspecified atom stereocenters. The maximum atomic E-state index is 13.5. The summed E-state index contributed by atoms with van der Waals surface area (Å²) in [4.78, 5) is 0. The SMILES string of the molecule is CC(NCc1c(F)cccc1F)c1ccc(Cl)cc1Cl. The van der Waals surface area contributed by atoms with Crippen LogP contribution >= 0.6 is 23.2 Å². The number of rotatable bonds is 4. The van der Waals surface area contributed by atoms with Crippen LogP contribution in [-0.2, 0) is 6.54 Å². The van der Waals surface area contributed by atoms with Crippen LogP contribution in [0.15, 0.2) is 36.4 Å². The van der Waals surface area contributed by atoms with Crippen LogP contribution in [0.2, 0.25) is 10.0 Å². The van der Waals surface area contributed by atoms with Crippen molar-refractivity contribution in [1.29, 1.82) is 0 Å². The molecule has 0 aliphatic carbocycles. The smallest absolute Gasteiger partial charge is 0.130 e. The van der Waals surface area contributed by atoms with Crippen molar-refractivity contribution in [2.75, 3.05) is 0 Å². The molecule has 0 saturated heterocycles. The van der Waals surface area contributed by atoms with Crippen LogP contribution in [0.3, 0.4) is 0 Å². The van der Waals surface area contributed by atoms with E-state index in [4.69, 9.17) is 23.2 Å². The summed E-state index contributed by atoms with van der Waals surface area (Å²) in [5.41, 5.74) is 0.845. The molecule has 0 bridgehead atoms. The Morgan fingerprint density at radius 1 is 1.10 bits per heavy atom. The fourth-order valence-electron chi connectivity index (χ4n) is 1.92. The van der Waals surface area contributed by atoms with E-state index in [2.05, 4.69) is 5.32 Å². The lowest BCUT2D eigenvalue weighted by molar-refractivity contribution is 0.509. The molecular formula is C15H13Cl2F2N. The van der Waals surface area contributed by atoms with Gasteiger partial charge in [0.2, 0.25) is 0 Å². The van der Waals surface area contributed by atoms with Crippen molar-refractivity contribution >= 4 is 23.2 Å². The van der Waals surface area contributed by atoms with Crippen LogP contribution in [0.25, 0.3) is 0 Å². The lowest BCUT2D eigenvalue weighted by Crippen LogP contribution is -2.20. The van der Waals surface area contributed by atoms with E-state index in [1.54, 1.807) is 18.2 Å². The fourth-order valence-corrected chi connectivity index (χ4v) is 2.49. The summed E-state index contributed by atoms with van der Waals surface area (Å²) in [5.74, 6) is -1.13. The maximum Gasteiger partial charge on any atom is 0.130 e. The number of nitrogens with one attached hydrogen (secondary N) is 1. The molecule has 0 aromatic heterocycles. The Morgan fingerprint density at radius 3 is 2.35 bits per heavy atom. The van der Waals surface area contributed by atoms with Crippen LogP contribution in [0.1, 0.15) is 24.1 Å². The molecule has 20 heavy (non-hydrogen) atoms. The highest BCUT2D eigenvalue weighted by atomic mass is 35.5. The maximum absolute atomic E-state index is 13.5. The molecule has 1 atom stereocenters. The molecule has 0 amide bonds. The number of benzene rings is 2. The molecule has 0 heterocycles. The molecule has 1 nitrogen and oxygen atoms in total. The minimum Gasteiger partial charge on any atom is -0.306 e. The molecule has 2 aromatic rings. The molecule has 1 N–H and O–H groups in total.